The number of alkyl carbamates (subject to hydrolysis) is 1. The van der Waals surface area contributed by atoms with E-state index in [4.69, 9.17) is 4.74 Å². The highest BCUT2D eigenvalue weighted by Gasteiger charge is 2.19. The number of aromatic nitrogens is 1. The smallest absolute Gasteiger partial charge is 0.407 e. The van der Waals surface area contributed by atoms with Gasteiger partial charge in [0.25, 0.3) is 0 Å². The topological polar surface area (TPSA) is 91.7 Å². The van der Waals surface area contributed by atoms with E-state index in [0.717, 1.165) is 5.56 Å². The predicted octanol–water partition coefficient (Wildman–Crippen LogP) is 2.55. The van der Waals surface area contributed by atoms with Crippen molar-refractivity contribution >= 4 is 22.0 Å². The number of halogens is 1. The molecule has 0 aliphatic heterocycles. The summed E-state index contributed by atoms with van der Waals surface area (Å²) < 4.78 is 5.78. The third-order valence-corrected chi connectivity index (χ3v) is 3.79. The summed E-state index contributed by atoms with van der Waals surface area (Å²) in [7, 11) is 0. The molecule has 24 heavy (non-hydrogen) atoms. The zero-order valence-corrected chi connectivity index (χ0v) is 14.5. The van der Waals surface area contributed by atoms with Gasteiger partial charge >= 0.3 is 6.09 Å². The fourth-order valence-electron chi connectivity index (χ4n) is 2.07. The van der Waals surface area contributed by atoms with Gasteiger partial charge in [0.15, 0.2) is 0 Å². The van der Waals surface area contributed by atoms with Gasteiger partial charge < -0.3 is 20.3 Å². The van der Waals surface area contributed by atoms with Crippen LogP contribution in [0.5, 0.6) is 0 Å². The number of pyridine rings is 1. The molecule has 1 aromatic heterocycles. The first-order valence-corrected chi connectivity index (χ1v) is 8.26. The molecule has 2 unspecified atom stereocenters. The van der Waals surface area contributed by atoms with E-state index in [1.807, 2.05) is 30.3 Å². The maximum atomic E-state index is 11.6. The maximum absolute atomic E-state index is 11.6. The van der Waals surface area contributed by atoms with Crippen LogP contribution in [0.25, 0.3) is 0 Å². The van der Waals surface area contributed by atoms with Crippen molar-refractivity contribution in [3.05, 3.63) is 64.4 Å². The fraction of sp³-hybridized carbons (Fsp3) is 0.294. The molecular formula is C17H19BrN2O4. The Morgan fingerprint density at radius 3 is 2.71 bits per heavy atom. The Kier molecular flexibility index (Phi) is 7.17. The summed E-state index contributed by atoms with van der Waals surface area (Å²) in [6.45, 7) is 0.370. The summed E-state index contributed by atoms with van der Waals surface area (Å²) in [6.07, 6.45) is 0.610. The minimum atomic E-state index is -1.07. The van der Waals surface area contributed by atoms with Crippen LogP contribution in [-0.2, 0) is 11.3 Å². The number of nitrogens with zero attached hydrogens (tertiary/aromatic N) is 1. The van der Waals surface area contributed by atoms with Crippen molar-refractivity contribution < 1.29 is 19.7 Å². The summed E-state index contributed by atoms with van der Waals surface area (Å²) in [5, 5.41) is 22.6. The largest absolute Gasteiger partial charge is 0.445 e. The van der Waals surface area contributed by atoms with Crippen molar-refractivity contribution in [2.45, 2.75) is 25.2 Å². The molecule has 3 N–H and O–H groups in total. The Bertz CT molecular complexity index is 654. The third-order valence-electron chi connectivity index (χ3n) is 3.35. The van der Waals surface area contributed by atoms with E-state index in [1.165, 1.54) is 6.20 Å². The zero-order chi connectivity index (χ0) is 17.4. The number of ether oxygens (including phenoxy) is 1. The first-order chi connectivity index (χ1) is 11.6. The first kappa shape index (κ1) is 18.4. The molecule has 0 aliphatic carbocycles. The number of hydrogen-bond acceptors (Lipinski definition) is 5. The number of carbonyl (C=O) groups is 1. The Morgan fingerprint density at radius 2 is 2.00 bits per heavy atom. The average Bonchev–Trinajstić information content (AvgIpc) is 2.60. The average molecular weight is 395 g/mol. The number of carbonyl (C=O) groups excluding carboxylic acids is 1. The molecule has 0 radical (unpaired) electrons. The summed E-state index contributed by atoms with van der Waals surface area (Å²) in [5.41, 5.74) is 1.40. The Hall–Kier alpha value is -1.96. The number of nitrogens with one attached hydrogen (secondary N) is 1. The molecule has 0 saturated heterocycles. The second kappa shape index (κ2) is 9.36. The van der Waals surface area contributed by atoms with E-state index in [1.54, 1.807) is 12.3 Å². The van der Waals surface area contributed by atoms with Crippen LogP contribution < -0.4 is 5.32 Å². The second-order valence-electron chi connectivity index (χ2n) is 5.23. The number of hydrogen-bond donors (Lipinski definition) is 3. The van der Waals surface area contributed by atoms with Crippen molar-refractivity contribution in [3.63, 3.8) is 0 Å². The van der Waals surface area contributed by atoms with Crippen LogP contribution in [0.2, 0.25) is 0 Å². The summed E-state index contributed by atoms with van der Waals surface area (Å²) in [5.74, 6) is 0. The van der Waals surface area contributed by atoms with Crippen molar-refractivity contribution in [1.82, 2.24) is 10.3 Å². The maximum Gasteiger partial charge on any atom is 0.407 e. The highest BCUT2D eigenvalue weighted by molar-refractivity contribution is 9.10. The van der Waals surface area contributed by atoms with Gasteiger partial charge in [-0.05, 0) is 34.0 Å². The minimum Gasteiger partial charge on any atom is -0.445 e. The molecule has 7 heteroatoms. The van der Waals surface area contributed by atoms with Crippen LogP contribution in [0.4, 0.5) is 4.79 Å². The van der Waals surface area contributed by atoms with Gasteiger partial charge in [0, 0.05) is 29.0 Å². The normalized spacial score (nSPS) is 13.1. The van der Waals surface area contributed by atoms with Gasteiger partial charge in [-0.2, -0.15) is 0 Å². The molecule has 1 amide bonds. The van der Waals surface area contributed by atoms with Crippen molar-refractivity contribution in [2.75, 3.05) is 6.54 Å². The van der Waals surface area contributed by atoms with Crippen molar-refractivity contribution in [1.29, 1.82) is 0 Å². The highest BCUT2D eigenvalue weighted by Crippen LogP contribution is 2.20. The van der Waals surface area contributed by atoms with E-state index >= 15 is 0 Å². The Balaban J connectivity index is 1.70. The number of aliphatic hydroxyl groups excluding tert-OH is 2. The molecular weight excluding hydrogens is 376 g/mol. The van der Waals surface area contributed by atoms with E-state index in [0.29, 0.717) is 10.0 Å². The van der Waals surface area contributed by atoms with E-state index in [9.17, 15) is 15.0 Å². The van der Waals surface area contributed by atoms with Gasteiger partial charge in [-0.15, -0.1) is 0 Å². The molecule has 1 aromatic carbocycles. The monoisotopic (exact) mass is 394 g/mol. The standard InChI is InChI=1S/C17H19BrN2O4/c18-14-8-13(9-19-10-14)16(22)15(21)6-7-20-17(23)24-11-12-4-2-1-3-5-12/h1-5,8-10,15-16,21-22H,6-7,11H2,(H,20,23). The highest BCUT2D eigenvalue weighted by atomic mass is 79.9. The van der Waals surface area contributed by atoms with Crippen LogP contribution in [-0.4, -0.2) is 33.9 Å². The van der Waals surface area contributed by atoms with Crippen LogP contribution in [0.3, 0.4) is 0 Å². The quantitative estimate of drug-likeness (QED) is 0.670. The lowest BCUT2D eigenvalue weighted by Gasteiger charge is -2.18. The number of benzene rings is 1. The van der Waals surface area contributed by atoms with Crippen LogP contribution in [0, 0.1) is 0 Å². The molecule has 0 fully saturated rings. The Labute approximate surface area is 148 Å². The molecule has 2 rings (SSSR count). The van der Waals surface area contributed by atoms with E-state index in [-0.39, 0.29) is 19.6 Å². The van der Waals surface area contributed by atoms with Gasteiger partial charge in [-0.1, -0.05) is 30.3 Å². The molecule has 6 nitrogen and oxygen atoms in total. The molecule has 128 valence electrons. The Morgan fingerprint density at radius 1 is 1.25 bits per heavy atom. The first-order valence-electron chi connectivity index (χ1n) is 7.47. The van der Waals surface area contributed by atoms with Crippen molar-refractivity contribution in [2.24, 2.45) is 0 Å². The zero-order valence-electron chi connectivity index (χ0n) is 12.9. The van der Waals surface area contributed by atoms with Gasteiger partial charge in [0.1, 0.15) is 12.7 Å². The summed E-state index contributed by atoms with van der Waals surface area (Å²) >= 11 is 3.26. The lowest BCUT2D eigenvalue weighted by molar-refractivity contribution is 0.0134. The van der Waals surface area contributed by atoms with Gasteiger partial charge in [0.2, 0.25) is 0 Å². The summed E-state index contributed by atoms with van der Waals surface area (Å²) in [4.78, 5) is 15.5. The van der Waals surface area contributed by atoms with Gasteiger partial charge in [-0.25, -0.2) is 4.79 Å². The number of amides is 1. The van der Waals surface area contributed by atoms with Crippen LogP contribution >= 0.6 is 15.9 Å². The number of aliphatic hydroxyl groups is 2. The van der Waals surface area contributed by atoms with Crippen LogP contribution in [0.1, 0.15) is 23.7 Å². The van der Waals surface area contributed by atoms with Gasteiger partial charge in [-0.3, -0.25) is 4.98 Å². The van der Waals surface area contributed by atoms with Crippen LogP contribution in [0.15, 0.2) is 53.3 Å². The van der Waals surface area contributed by atoms with Crippen molar-refractivity contribution in [3.8, 4) is 0 Å². The van der Waals surface area contributed by atoms with Gasteiger partial charge in [0.05, 0.1) is 6.10 Å². The molecule has 0 saturated carbocycles. The molecule has 1 heterocycles. The molecule has 0 bridgehead atoms. The molecule has 0 aliphatic rings. The van der Waals surface area contributed by atoms with E-state index < -0.39 is 18.3 Å². The molecule has 2 atom stereocenters. The fourth-order valence-corrected chi connectivity index (χ4v) is 2.45. The SMILES string of the molecule is O=C(NCCC(O)C(O)c1cncc(Br)c1)OCc1ccccc1. The third kappa shape index (κ3) is 5.92. The number of rotatable bonds is 7. The summed E-state index contributed by atoms with van der Waals surface area (Å²) in [6, 6.07) is 11.0. The predicted molar refractivity (Wildman–Crippen MR) is 92.2 cm³/mol. The lowest BCUT2D eigenvalue weighted by atomic mass is 10.0. The van der Waals surface area contributed by atoms with E-state index in [2.05, 4.69) is 26.2 Å². The molecule has 2 aromatic rings. The minimum absolute atomic E-state index is 0.182. The lowest BCUT2D eigenvalue weighted by Crippen LogP contribution is -2.29. The molecule has 0 spiro atoms. The second-order valence-corrected chi connectivity index (χ2v) is 6.14.